The Kier molecular flexibility index (Phi) is 3.73. The second-order valence-corrected chi connectivity index (χ2v) is 5.91. The van der Waals surface area contributed by atoms with Crippen LogP contribution < -0.4 is 5.32 Å². The lowest BCUT2D eigenvalue weighted by Gasteiger charge is -2.19. The van der Waals surface area contributed by atoms with Crippen molar-refractivity contribution >= 4 is 11.8 Å². The van der Waals surface area contributed by atoms with Gasteiger partial charge >= 0.3 is 0 Å². The number of rotatable bonds is 5. The predicted octanol–water partition coefficient (Wildman–Crippen LogP) is 3.51. The molecule has 0 heterocycles. The molecule has 0 aliphatic heterocycles. The third-order valence-corrected chi connectivity index (χ3v) is 4.84. The molecular weight excluding hydrogens is 240 g/mol. The van der Waals surface area contributed by atoms with Gasteiger partial charge in [0.2, 0.25) is 0 Å². The van der Waals surface area contributed by atoms with Gasteiger partial charge in [-0.2, -0.15) is 11.8 Å². The summed E-state index contributed by atoms with van der Waals surface area (Å²) in [5.74, 6) is -1.51. The van der Waals surface area contributed by atoms with Gasteiger partial charge in [-0.05, 0) is 32.1 Å². The van der Waals surface area contributed by atoms with Crippen molar-refractivity contribution < 1.29 is 8.78 Å². The first-order valence-electron chi connectivity index (χ1n) is 5.80. The summed E-state index contributed by atoms with van der Waals surface area (Å²) in [6, 6.07) is 4.17. The third kappa shape index (κ3) is 2.80. The summed E-state index contributed by atoms with van der Waals surface area (Å²) < 4.78 is 27.0. The van der Waals surface area contributed by atoms with Gasteiger partial charge in [-0.25, -0.2) is 8.78 Å². The van der Waals surface area contributed by atoms with Gasteiger partial charge in [-0.1, -0.05) is 12.1 Å². The van der Waals surface area contributed by atoms with E-state index in [1.165, 1.54) is 12.8 Å². The molecule has 1 aromatic rings. The fraction of sp³-hybridized carbons (Fsp3) is 0.538. The van der Waals surface area contributed by atoms with E-state index in [9.17, 15) is 8.78 Å². The minimum Gasteiger partial charge on any atom is -0.309 e. The van der Waals surface area contributed by atoms with Crippen LogP contribution in [-0.4, -0.2) is 17.5 Å². The molecule has 1 fully saturated rings. The van der Waals surface area contributed by atoms with Crippen LogP contribution in [0.5, 0.6) is 0 Å². The highest BCUT2D eigenvalue weighted by Crippen LogP contribution is 2.46. The number of nitrogens with one attached hydrogen (secondary N) is 1. The molecule has 0 spiro atoms. The average Bonchev–Trinajstić information content (AvgIpc) is 3.10. The van der Waals surface area contributed by atoms with Gasteiger partial charge in [0, 0.05) is 22.9 Å². The summed E-state index contributed by atoms with van der Waals surface area (Å²) in [6.07, 6.45) is 4.52. The fourth-order valence-electron chi connectivity index (χ4n) is 1.90. The SMILES string of the molecule is CSC1(CNC(C)c2cccc(F)c2F)CC1. The number of thioether (sulfide) groups is 1. The Bertz CT molecular complexity index is 404. The lowest BCUT2D eigenvalue weighted by molar-refractivity contribution is 0.472. The number of hydrogen-bond donors (Lipinski definition) is 1. The Morgan fingerprint density at radius 3 is 2.71 bits per heavy atom. The zero-order valence-electron chi connectivity index (χ0n) is 10.1. The molecule has 2 rings (SSSR count). The second-order valence-electron chi connectivity index (χ2n) is 4.63. The lowest BCUT2D eigenvalue weighted by atomic mass is 10.1. The molecule has 1 N–H and O–H groups in total. The van der Waals surface area contributed by atoms with Crippen molar-refractivity contribution in [3.05, 3.63) is 35.4 Å². The molecule has 0 aromatic heterocycles. The molecule has 0 amide bonds. The highest BCUT2D eigenvalue weighted by atomic mass is 32.2. The van der Waals surface area contributed by atoms with E-state index in [2.05, 4.69) is 11.6 Å². The van der Waals surface area contributed by atoms with Crippen molar-refractivity contribution in [3.8, 4) is 0 Å². The van der Waals surface area contributed by atoms with Crippen molar-refractivity contribution in [1.82, 2.24) is 5.32 Å². The van der Waals surface area contributed by atoms with Crippen molar-refractivity contribution in [3.63, 3.8) is 0 Å². The van der Waals surface area contributed by atoms with Crippen molar-refractivity contribution in [2.45, 2.75) is 30.6 Å². The smallest absolute Gasteiger partial charge is 0.163 e. The lowest BCUT2D eigenvalue weighted by Crippen LogP contribution is -2.29. The van der Waals surface area contributed by atoms with E-state index in [0.717, 1.165) is 12.6 Å². The quantitative estimate of drug-likeness (QED) is 0.866. The third-order valence-electron chi connectivity index (χ3n) is 3.42. The number of halogens is 2. The maximum Gasteiger partial charge on any atom is 0.163 e. The van der Waals surface area contributed by atoms with Crippen LogP contribution in [0.3, 0.4) is 0 Å². The van der Waals surface area contributed by atoms with Gasteiger partial charge in [0.25, 0.3) is 0 Å². The number of benzene rings is 1. The number of hydrogen-bond acceptors (Lipinski definition) is 2. The molecule has 1 unspecified atom stereocenters. The summed E-state index contributed by atoms with van der Waals surface area (Å²) in [6.45, 7) is 2.72. The predicted molar refractivity (Wildman–Crippen MR) is 68.3 cm³/mol. The molecule has 94 valence electrons. The molecule has 1 atom stereocenters. The summed E-state index contributed by atoms with van der Waals surface area (Å²) >= 11 is 1.85. The molecule has 4 heteroatoms. The molecule has 0 radical (unpaired) electrons. The Balaban J connectivity index is 2.00. The standard InChI is InChI=1S/C13H17F2NS/c1-9(16-8-13(17-2)6-7-13)10-4-3-5-11(14)12(10)15/h3-5,9,16H,6-8H2,1-2H3. The van der Waals surface area contributed by atoms with Crippen LogP contribution in [0, 0.1) is 11.6 Å². The van der Waals surface area contributed by atoms with Crippen LogP contribution in [0.25, 0.3) is 0 Å². The van der Waals surface area contributed by atoms with E-state index < -0.39 is 11.6 Å². The van der Waals surface area contributed by atoms with Gasteiger partial charge in [-0.15, -0.1) is 0 Å². The van der Waals surface area contributed by atoms with Crippen LogP contribution >= 0.6 is 11.8 Å². The monoisotopic (exact) mass is 257 g/mol. The summed E-state index contributed by atoms with van der Waals surface area (Å²) in [5, 5.41) is 3.29. The first-order valence-corrected chi connectivity index (χ1v) is 7.03. The van der Waals surface area contributed by atoms with Crippen LogP contribution in [0.2, 0.25) is 0 Å². The van der Waals surface area contributed by atoms with E-state index >= 15 is 0 Å². The molecule has 1 aromatic carbocycles. The van der Waals surface area contributed by atoms with Crippen LogP contribution in [0.4, 0.5) is 8.78 Å². The Morgan fingerprint density at radius 1 is 1.41 bits per heavy atom. The van der Waals surface area contributed by atoms with Gasteiger partial charge < -0.3 is 5.32 Å². The van der Waals surface area contributed by atoms with E-state index in [4.69, 9.17) is 0 Å². The highest BCUT2D eigenvalue weighted by Gasteiger charge is 2.41. The Hall–Kier alpha value is -0.610. The maximum absolute atomic E-state index is 13.5. The fourth-order valence-corrected chi connectivity index (χ4v) is 2.63. The van der Waals surface area contributed by atoms with Crippen LogP contribution in [0.15, 0.2) is 18.2 Å². The maximum atomic E-state index is 13.5. The Labute approximate surface area is 105 Å². The molecular formula is C13H17F2NS. The summed E-state index contributed by atoms with van der Waals surface area (Å²) in [5.41, 5.74) is 0.405. The average molecular weight is 257 g/mol. The van der Waals surface area contributed by atoms with E-state index in [1.807, 2.05) is 18.7 Å². The molecule has 0 saturated heterocycles. The molecule has 1 saturated carbocycles. The zero-order valence-corrected chi connectivity index (χ0v) is 10.9. The molecule has 1 nitrogen and oxygen atoms in total. The van der Waals surface area contributed by atoms with Gasteiger partial charge in [0.15, 0.2) is 11.6 Å². The first kappa shape index (κ1) is 12.8. The normalized spacial score (nSPS) is 19.1. The summed E-state index contributed by atoms with van der Waals surface area (Å²) in [4.78, 5) is 0. The topological polar surface area (TPSA) is 12.0 Å². The molecule has 1 aliphatic carbocycles. The minimum atomic E-state index is -0.776. The van der Waals surface area contributed by atoms with Gasteiger partial charge in [-0.3, -0.25) is 0 Å². The zero-order chi connectivity index (χ0) is 12.5. The highest BCUT2D eigenvalue weighted by molar-refractivity contribution is 8.00. The second kappa shape index (κ2) is 4.94. The first-order chi connectivity index (χ1) is 8.08. The Morgan fingerprint density at radius 2 is 2.12 bits per heavy atom. The molecule has 0 bridgehead atoms. The van der Waals surface area contributed by atoms with Gasteiger partial charge in [0.1, 0.15) is 0 Å². The van der Waals surface area contributed by atoms with Crippen molar-refractivity contribution in [2.75, 3.05) is 12.8 Å². The van der Waals surface area contributed by atoms with Crippen LogP contribution in [0.1, 0.15) is 31.4 Å². The van der Waals surface area contributed by atoms with E-state index in [-0.39, 0.29) is 6.04 Å². The van der Waals surface area contributed by atoms with E-state index in [0.29, 0.717) is 10.3 Å². The molecule has 17 heavy (non-hydrogen) atoms. The largest absolute Gasteiger partial charge is 0.309 e. The van der Waals surface area contributed by atoms with Crippen molar-refractivity contribution in [2.24, 2.45) is 0 Å². The summed E-state index contributed by atoms with van der Waals surface area (Å²) in [7, 11) is 0. The van der Waals surface area contributed by atoms with E-state index in [1.54, 1.807) is 12.1 Å². The molecule has 1 aliphatic rings. The minimum absolute atomic E-state index is 0.157. The van der Waals surface area contributed by atoms with Crippen molar-refractivity contribution in [1.29, 1.82) is 0 Å². The van der Waals surface area contributed by atoms with Crippen LogP contribution in [-0.2, 0) is 0 Å². The van der Waals surface area contributed by atoms with Gasteiger partial charge in [0.05, 0.1) is 0 Å².